The summed E-state index contributed by atoms with van der Waals surface area (Å²) in [6.45, 7) is 0.730. The molecule has 14 heavy (non-hydrogen) atoms. The fourth-order valence-electron chi connectivity index (χ4n) is 1.36. The van der Waals surface area contributed by atoms with Crippen LogP contribution in [0.25, 0.3) is 5.76 Å². The summed E-state index contributed by atoms with van der Waals surface area (Å²) in [5.74, 6) is 0.765. The van der Waals surface area contributed by atoms with E-state index in [0.717, 1.165) is 25.2 Å². The summed E-state index contributed by atoms with van der Waals surface area (Å²) in [7, 11) is 0. The van der Waals surface area contributed by atoms with Gasteiger partial charge in [-0.05, 0) is 25.0 Å². The normalized spacial score (nSPS) is 15.9. The minimum atomic E-state index is 0.540. The lowest BCUT2D eigenvalue weighted by Crippen LogP contribution is -2.03. The van der Waals surface area contributed by atoms with Crippen molar-refractivity contribution in [2.75, 3.05) is 12.3 Å². The molecule has 0 unspecified atom stereocenters. The van der Waals surface area contributed by atoms with Crippen molar-refractivity contribution >= 4 is 23.0 Å². The molecule has 0 fully saturated rings. The van der Waals surface area contributed by atoms with Crippen molar-refractivity contribution in [3.63, 3.8) is 0 Å². The maximum absolute atomic E-state index is 6.00. The Morgan fingerprint density at radius 2 is 2.36 bits per heavy atom. The molecule has 0 aromatic carbocycles. The largest absolute Gasteiger partial charge is 0.492 e. The standard InChI is InChI=1S/C10H11ClN2O/c11-8-5-7(12)6-13-10(8)9-3-1-2-4-14-9/h3,5-6H,1-2,4,12H2. The molecule has 0 atom stereocenters. The number of anilines is 1. The van der Waals surface area contributed by atoms with Gasteiger partial charge in [0.1, 0.15) is 11.5 Å². The summed E-state index contributed by atoms with van der Waals surface area (Å²) < 4.78 is 5.46. The first-order valence-electron chi connectivity index (χ1n) is 4.52. The van der Waals surface area contributed by atoms with Gasteiger partial charge in [-0.3, -0.25) is 0 Å². The van der Waals surface area contributed by atoms with Crippen molar-refractivity contribution in [2.24, 2.45) is 0 Å². The molecule has 2 rings (SSSR count). The summed E-state index contributed by atoms with van der Waals surface area (Å²) in [5, 5.41) is 0.540. The predicted octanol–water partition coefficient (Wildman–Crippen LogP) is 2.47. The SMILES string of the molecule is Nc1cnc(C2=CCCCO2)c(Cl)c1. The fourth-order valence-corrected chi connectivity index (χ4v) is 1.62. The van der Waals surface area contributed by atoms with Gasteiger partial charge in [-0.15, -0.1) is 0 Å². The molecule has 0 radical (unpaired) electrons. The highest BCUT2D eigenvalue weighted by Crippen LogP contribution is 2.26. The second-order valence-electron chi connectivity index (χ2n) is 3.16. The molecule has 2 N–H and O–H groups in total. The molecule has 1 aromatic heterocycles. The topological polar surface area (TPSA) is 48.1 Å². The van der Waals surface area contributed by atoms with Crippen LogP contribution in [0, 0.1) is 0 Å². The Morgan fingerprint density at radius 3 is 3.00 bits per heavy atom. The van der Waals surface area contributed by atoms with E-state index in [0.29, 0.717) is 16.4 Å². The van der Waals surface area contributed by atoms with Gasteiger partial charge in [0.25, 0.3) is 0 Å². The van der Waals surface area contributed by atoms with Crippen LogP contribution in [0.2, 0.25) is 5.02 Å². The molecular formula is C10H11ClN2O. The minimum Gasteiger partial charge on any atom is -0.492 e. The first-order chi connectivity index (χ1) is 6.77. The Labute approximate surface area is 87.5 Å². The maximum Gasteiger partial charge on any atom is 0.142 e. The number of pyridine rings is 1. The summed E-state index contributed by atoms with van der Waals surface area (Å²) in [5.41, 5.74) is 6.80. The van der Waals surface area contributed by atoms with E-state index >= 15 is 0 Å². The molecule has 0 saturated heterocycles. The van der Waals surface area contributed by atoms with Gasteiger partial charge < -0.3 is 10.5 Å². The van der Waals surface area contributed by atoms with Gasteiger partial charge in [0.05, 0.1) is 23.5 Å². The number of hydrogen-bond acceptors (Lipinski definition) is 3. The highest BCUT2D eigenvalue weighted by Gasteiger charge is 2.12. The third-order valence-electron chi connectivity index (χ3n) is 2.03. The number of hydrogen-bond donors (Lipinski definition) is 1. The van der Waals surface area contributed by atoms with E-state index in [2.05, 4.69) is 4.98 Å². The number of allylic oxidation sites excluding steroid dienone is 1. The Bertz CT molecular complexity index is 376. The van der Waals surface area contributed by atoms with Crippen molar-refractivity contribution in [1.29, 1.82) is 0 Å². The smallest absolute Gasteiger partial charge is 0.142 e. The van der Waals surface area contributed by atoms with E-state index in [-0.39, 0.29) is 0 Å². The van der Waals surface area contributed by atoms with E-state index in [1.165, 1.54) is 0 Å². The first kappa shape index (κ1) is 9.34. The number of halogens is 1. The van der Waals surface area contributed by atoms with Crippen LogP contribution in [0.5, 0.6) is 0 Å². The van der Waals surface area contributed by atoms with Gasteiger partial charge in [0.2, 0.25) is 0 Å². The van der Waals surface area contributed by atoms with E-state index in [1.807, 2.05) is 6.08 Å². The minimum absolute atomic E-state index is 0.540. The van der Waals surface area contributed by atoms with E-state index in [9.17, 15) is 0 Å². The average molecular weight is 211 g/mol. The molecule has 1 aromatic rings. The van der Waals surface area contributed by atoms with E-state index < -0.39 is 0 Å². The van der Waals surface area contributed by atoms with E-state index in [4.69, 9.17) is 22.1 Å². The average Bonchev–Trinajstić information content (AvgIpc) is 2.19. The third-order valence-corrected chi connectivity index (χ3v) is 2.32. The van der Waals surface area contributed by atoms with Gasteiger partial charge in [0, 0.05) is 0 Å². The van der Waals surface area contributed by atoms with Crippen LogP contribution >= 0.6 is 11.6 Å². The molecule has 0 aliphatic carbocycles. The molecule has 2 heterocycles. The molecule has 1 aliphatic rings. The van der Waals surface area contributed by atoms with Crippen molar-refractivity contribution in [1.82, 2.24) is 4.98 Å². The summed E-state index contributed by atoms with van der Waals surface area (Å²) >= 11 is 6.00. The highest BCUT2D eigenvalue weighted by atomic mass is 35.5. The molecular weight excluding hydrogens is 200 g/mol. The second kappa shape index (κ2) is 3.88. The predicted molar refractivity (Wildman–Crippen MR) is 56.8 cm³/mol. The van der Waals surface area contributed by atoms with Crippen LogP contribution < -0.4 is 5.73 Å². The molecule has 74 valence electrons. The van der Waals surface area contributed by atoms with Crippen LogP contribution in [0.15, 0.2) is 18.3 Å². The number of aromatic nitrogens is 1. The zero-order valence-electron chi connectivity index (χ0n) is 7.66. The van der Waals surface area contributed by atoms with Crippen molar-refractivity contribution < 1.29 is 4.74 Å². The number of nitrogens with zero attached hydrogens (tertiary/aromatic N) is 1. The quantitative estimate of drug-likeness (QED) is 0.775. The Morgan fingerprint density at radius 1 is 1.50 bits per heavy atom. The van der Waals surface area contributed by atoms with Crippen LogP contribution in [0.3, 0.4) is 0 Å². The lowest BCUT2D eigenvalue weighted by atomic mass is 10.2. The van der Waals surface area contributed by atoms with Crippen molar-refractivity contribution in [2.45, 2.75) is 12.8 Å². The van der Waals surface area contributed by atoms with Crippen LogP contribution in [-0.4, -0.2) is 11.6 Å². The zero-order chi connectivity index (χ0) is 9.97. The van der Waals surface area contributed by atoms with Crippen LogP contribution in [0.1, 0.15) is 18.5 Å². The Hall–Kier alpha value is -1.22. The Balaban J connectivity index is 2.35. The molecule has 0 saturated carbocycles. The molecule has 0 bridgehead atoms. The number of nitrogens with two attached hydrogens (primary N) is 1. The number of rotatable bonds is 1. The van der Waals surface area contributed by atoms with Crippen LogP contribution in [-0.2, 0) is 4.74 Å². The highest BCUT2D eigenvalue weighted by molar-refractivity contribution is 6.32. The lowest BCUT2D eigenvalue weighted by molar-refractivity contribution is 0.257. The van der Waals surface area contributed by atoms with E-state index in [1.54, 1.807) is 12.3 Å². The monoisotopic (exact) mass is 210 g/mol. The van der Waals surface area contributed by atoms with Gasteiger partial charge >= 0.3 is 0 Å². The molecule has 0 amide bonds. The summed E-state index contributed by atoms with van der Waals surface area (Å²) in [4.78, 5) is 4.15. The maximum atomic E-state index is 6.00. The van der Waals surface area contributed by atoms with Gasteiger partial charge in [-0.1, -0.05) is 11.6 Å². The molecule has 4 heteroatoms. The number of nitrogen functional groups attached to an aromatic ring is 1. The first-order valence-corrected chi connectivity index (χ1v) is 4.89. The van der Waals surface area contributed by atoms with Crippen molar-refractivity contribution in [3.05, 3.63) is 29.1 Å². The van der Waals surface area contributed by atoms with Gasteiger partial charge in [0.15, 0.2) is 0 Å². The lowest BCUT2D eigenvalue weighted by Gasteiger charge is -2.15. The molecule has 3 nitrogen and oxygen atoms in total. The summed E-state index contributed by atoms with van der Waals surface area (Å²) in [6, 6.07) is 1.68. The fraction of sp³-hybridized carbons (Fsp3) is 0.300. The second-order valence-corrected chi connectivity index (χ2v) is 3.57. The third kappa shape index (κ3) is 1.82. The van der Waals surface area contributed by atoms with Crippen molar-refractivity contribution in [3.8, 4) is 0 Å². The molecule has 1 aliphatic heterocycles. The van der Waals surface area contributed by atoms with Gasteiger partial charge in [-0.25, -0.2) is 4.98 Å². The van der Waals surface area contributed by atoms with Gasteiger partial charge in [-0.2, -0.15) is 0 Å². The molecule has 0 spiro atoms. The summed E-state index contributed by atoms with van der Waals surface area (Å²) in [6.07, 6.45) is 5.65. The zero-order valence-corrected chi connectivity index (χ0v) is 8.42. The Kier molecular flexibility index (Phi) is 2.59. The van der Waals surface area contributed by atoms with Crippen LogP contribution in [0.4, 0.5) is 5.69 Å². The number of ether oxygens (including phenoxy) is 1.